The molecule has 0 amide bonds. The second kappa shape index (κ2) is 6.75. The predicted molar refractivity (Wildman–Crippen MR) is 51.8 cm³/mol. The number of rotatable bonds is 6. The van der Waals surface area contributed by atoms with Crippen LogP contribution in [0.3, 0.4) is 0 Å². The molecular weight excluding hydrogens is 192 g/mol. The zero-order valence-corrected chi connectivity index (χ0v) is 10.7. The van der Waals surface area contributed by atoms with Gasteiger partial charge in [0.25, 0.3) is 0 Å². The Morgan fingerprint density at radius 2 is 1.00 bits per heavy atom. The van der Waals surface area contributed by atoms with Gasteiger partial charge in [-0.15, -0.1) is 0 Å². The van der Waals surface area contributed by atoms with E-state index in [0.717, 1.165) is 0 Å². The largest absolute Gasteiger partial charge is 0.400 e. The Hall–Kier alpha value is 0.274. The van der Waals surface area contributed by atoms with Crippen molar-refractivity contribution in [2.45, 2.75) is 12.1 Å². The van der Waals surface area contributed by atoms with E-state index in [1.807, 2.05) is 0 Å². The van der Waals surface area contributed by atoms with Gasteiger partial charge in [0, 0.05) is 33.6 Å². The van der Waals surface area contributed by atoms with Crippen LogP contribution in [0.4, 0.5) is 0 Å². The van der Waals surface area contributed by atoms with Crippen molar-refractivity contribution < 1.29 is 17.7 Å². The van der Waals surface area contributed by atoms with Gasteiger partial charge in [0.15, 0.2) is 0 Å². The Morgan fingerprint density at radius 3 is 1.17 bits per heavy atom. The van der Waals surface area contributed by atoms with Crippen molar-refractivity contribution in [3.05, 3.63) is 0 Å². The molecule has 12 heavy (non-hydrogen) atoms. The summed E-state index contributed by atoms with van der Waals surface area (Å²) in [6.07, 6.45) is 0. The minimum absolute atomic E-state index is 0.315. The van der Waals surface area contributed by atoms with Crippen LogP contribution in [0, 0.1) is 0 Å². The van der Waals surface area contributed by atoms with Gasteiger partial charge in [-0.1, -0.05) is 6.92 Å². The molecule has 0 unspecified atom stereocenters. The zero-order valence-electron chi connectivity index (χ0n) is 8.37. The van der Waals surface area contributed by atoms with E-state index < -0.39 is 18.6 Å². The van der Waals surface area contributed by atoms with Gasteiger partial charge in [0.1, 0.15) is 0 Å². The normalized spacial score (nSPS) is 12.0. The van der Waals surface area contributed by atoms with E-state index in [0.29, 0.717) is 5.16 Å². The lowest BCUT2D eigenvalue weighted by molar-refractivity contribution is 0.245. The Morgan fingerprint density at radius 1 is 0.750 bits per heavy atom. The first-order valence-corrected chi connectivity index (χ1v) is 7.04. The maximum absolute atomic E-state index is 5.24. The SMILES string of the molecule is CO[SiH](OC)C(C)[SiH](OC)OC. The highest BCUT2D eigenvalue weighted by Crippen LogP contribution is 2.15. The maximum Gasteiger partial charge on any atom is 0.325 e. The molecule has 0 saturated carbocycles. The lowest BCUT2D eigenvalue weighted by Gasteiger charge is -2.23. The molecule has 0 rings (SSSR count). The molecule has 74 valence electrons. The molecule has 0 atom stereocenters. The molecule has 0 aromatic heterocycles. The fraction of sp³-hybridized carbons (Fsp3) is 1.00. The molecule has 0 spiro atoms. The Labute approximate surface area is 77.5 Å². The molecule has 4 nitrogen and oxygen atoms in total. The first kappa shape index (κ1) is 12.3. The van der Waals surface area contributed by atoms with Crippen molar-refractivity contribution in [1.82, 2.24) is 0 Å². The van der Waals surface area contributed by atoms with Crippen LogP contribution in [0.25, 0.3) is 0 Å². The second-order valence-electron chi connectivity index (χ2n) is 2.54. The molecule has 0 N–H and O–H groups in total. The van der Waals surface area contributed by atoms with E-state index in [1.165, 1.54) is 0 Å². The van der Waals surface area contributed by atoms with Crippen LogP contribution in [-0.2, 0) is 17.7 Å². The van der Waals surface area contributed by atoms with E-state index in [1.54, 1.807) is 28.4 Å². The standard InChI is InChI=1S/C6H18O4Si2/c1-6(11(7-2)8-3)12(9-4)10-5/h6,11-12H,1-5H3. The summed E-state index contributed by atoms with van der Waals surface area (Å²) in [5, 5.41) is 0.315. The van der Waals surface area contributed by atoms with E-state index in [2.05, 4.69) is 6.92 Å². The van der Waals surface area contributed by atoms with Crippen LogP contribution in [0.2, 0.25) is 5.16 Å². The Bertz CT molecular complexity index is 93.7. The molecule has 0 aromatic carbocycles. The van der Waals surface area contributed by atoms with E-state index >= 15 is 0 Å². The van der Waals surface area contributed by atoms with Gasteiger partial charge >= 0.3 is 18.6 Å². The minimum Gasteiger partial charge on any atom is -0.400 e. The third kappa shape index (κ3) is 3.34. The Balaban J connectivity index is 4.02. The van der Waals surface area contributed by atoms with Crippen molar-refractivity contribution in [2.24, 2.45) is 0 Å². The molecule has 0 aliphatic heterocycles. The van der Waals surface area contributed by atoms with Crippen molar-refractivity contribution in [3.8, 4) is 0 Å². The van der Waals surface area contributed by atoms with E-state index in [-0.39, 0.29) is 0 Å². The second-order valence-corrected chi connectivity index (χ2v) is 8.77. The molecule has 0 fully saturated rings. The van der Waals surface area contributed by atoms with E-state index in [9.17, 15) is 0 Å². The Kier molecular flexibility index (Phi) is 6.91. The number of hydrogen-bond acceptors (Lipinski definition) is 4. The van der Waals surface area contributed by atoms with Crippen LogP contribution in [0.15, 0.2) is 0 Å². The third-order valence-electron chi connectivity index (χ3n) is 1.79. The third-order valence-corrected chi connectivity index (χ3v) is 7.25. The topological polar surface area (TPSA) is 36.9 Å². The summed E-state index contributed by atoms with van der Waals surface area (Å²) in [4.78, 5) is 0. The van der Waals surface area contributed by atoms with Crippen molar-refractivity contribution in [1.29, 1.82) is 0 Å². The fourth-order valence-electron chi connectivity index (χ4n) is 1.18. The van der Waals surface area contributed by atoms with Crippen molar-refractivity contribution in [3.63, 3.8) is 0 Å². The molecule has 0 aliphatic carbocycles. The molecule has 0 radical (unpaired) electrons. The molecule has 0 heterocycles. The maximum atomic E-state index is 5.24. The van der Waals surface area contributed by atoms with Crippen LogP contribution >= 0.6 is 0 Å². The monoisotopic (exact) mass is 210 g/mol. The van der Waals surface area contributed by atoms with Crippen molar-refractivity contribution in [2.75, 3.05) is 28.4 Å². The van der Waals surface area contributed by atoms with Gasteiger partial charge in [-0.2, -0.15) is 0 Å². The van der Waals surface area contributed by atoms with Crippen LogP contribution in [0.5, 0.6) is 0 Å². The summed E-state index contributed by atoms with van der Waals surface area (Å²) >= 11 is 0. The first-order chi connectivity index (χ1) is 5.71. The molecular formula is C6H18O4Si2. The average Bonchev–Trinajstić information content (AvgIpc) is 2.09. The first-order valence-electron chi connectivity index (χ1n) is 3.82. The summed E-state index contributed by atoms with van der Waals surface area (Å²) in [7, 11) is 3.56. The van der Waals surface area contributed by atoms with Gasteiger partial charge in [0.2, 0.25) is 0 Å². The smallest absolute Gasteiger partial charge is 0.325 e. The summed E-state index contributed by atoms with van der Waals surface area (Å²) in [5.74, 6) is 0. The molecule has 0 bridgehead atoms. The van der Waals surface area contributed by atoms with Gasteiger partial charge in [0.05, 0.1) is 0 Å². The minimum atomic E-state index is -1.57. The highest BCUT2D eigenvalue weighted by Gasteiger charge is 2.30. The predicted octanol–water partition coefficient (Wildman–Crippen LogP) is -0.0577. The fourth-order valence-corrected chi connectivity index (χ4v) is 6.19. The van der Waals surface area contributed by atoms with Crippen molar-refractivity contribution >= 4 is 18.6 Å². The molecule has 6 heteroatoms. The number of hydrogen-bond donors (Lipinski definition) is 0. The highest BCUT2D eigenvalue weighted by atomic mass is 28.4. The lowest BCUT2D eigenvalue weighted by atomic mass is 10.9. The summed E-state index contributed by atoms with van der Waals surface area (Å²) < 4.78 is 20.9. The summed E-state index contributed by atoms with van der Waals surface area (Å²) in [6.45, 7) is 2.06. The molecule has 0 aliphatic rings. The quantitative estimate of drug-likeness (QED) is 0.576. The molecule has 0 aromatic rings. The van der Waals surface area contributed by atoms with E-state index in [4.69, 9.17) is 17.7 Å². The summed E-state index contributed by atoms with van der Waals surface area (Å²) in [6, 6.07) is 0. The summed E-state index contributed by atoms with van der Waals surface area (Å²) in [5.41, 5.74) is 0. The van der Waals surface area contributed by atoms with Gasteiger partial charge in [-0.3, -0.25) is 0 Å². The van der Waals surface area contributed by atoms with Gasteiger partial charge in [-0.05, 0) is 0 Å². The van der Waals surface area contributed by atoms with Crippen LogP contribution < -0.4 is 0 Å². The zero-order chi connectivity index (χ0) is 9.56. The van der Waals surface area contributed by atoms with Gasteiger partial charge < -0.3 is 17.7 Å². The lowest BCUT2D eigenvalue weighted by Crippen LogP contribution is -2.37. The molecule has 0 saturated heterocycles. The van der Waals surface area contributed by atoms with Crippen LogP contribution in [-0.4, -0.2) is 47.0 Å². The highest BCUT2D eigenvalue weighted by molar-refractivity contribution is 6.67. The van der Waals surface area contributed by atoms with Gasteiger partial charge in [-0.25, -0.2) is 0 Å². The van der Waals surface area contributed by atoms with Crippen LogP contribution in [0.1, 0.15) is 6.92 Å². The average molecular weight is 210 g/mol.